The van der Waals surface area contributed by atoms with Crippen LogP contribution in [0.1, 0.15) is 23.2 Å². The number of carbonyl (C=O) groups is 2. The summed E-state index contributed by atoms with van der Waals surface area (Å²) in [5.74, 6) is 0.117. The quantitative estimate of drug-likeness (QED) is 0.720. The lowest BCUT2D eigenvalue weighted by atomic mass is 10.1. The smallest absolute Gasteiger partial charge is 0.223 e. The molecule has 3 rings (SSSR count). The van der Waals surface area contributed by atoms with Gasteiger partial charge in [0, 0.05) is 70.1 Å². The minimum atomic E-state index is 0.0351. The van der Waals surface area contributed by atoms with Crippen molar-refractivity contribution in [2.75, 3.05) is 32.7 Å². The summed E-state index contributed by atoms with van der Waals surface area (Å²) in [6.45, 7) is 5.12. The van der Waals surface area contributed by atoms with Crippen molar-refractivity contribution in [1.82, 2.24) is 19.4 Å². The molecule has 6 heteroatoms. The van der Waals surface area contributed by atoms with Gasteiger partial charge in [0.1, 0.15) is 0 Å². The highest BCUT2D eigenvalue weighted by molar-refractivity contribution is 5.97. The lowest BCUT2D eigenvalue weighted by molar-refractivity contribution is -0.132. The maximum Gasteiger partial charge on any atom is 0.223 e. The predicted octanol–water partition coefficient (Wildman–Crippen LogP) is 1.69. The largest absolute Gasteiger partial charge is 0.340 e. The van der Waals surface area contributed by atoms with Crippen molar-refractivity contribution in [3.05, 3.63) is 54.6 Å². The number of carbonyl (C=O) groups excluding carboxylic acids is 2. The monoisotopic (exact) mass is 340 g/mol. The molecule has 1 amide bonds. The van der Waals surface area contributed by atoms with E-state index in [4.69, 9.17) is 0 Å². The van der Waals surface area contributed by atoms with E-state index in [9.17, 15) is 9.59 Å². The first kappa shape index (κ1) is 17.4. The van der Waals surface area contributed by atoms with Crippen LogP contribution in [-0.2, 0) is 11.3 Å². The predicted molar refractivity (Wildman–Crippen MR) is 95.3 cm³/mol. The number of rotatable bonds is 7. The molecule has 1 aliphatic rings. The zero-order valence-electron chi connectivity index (χ0n) is 14.4. The Bertz CT molecular complexity index is 677. The van der Waals surface area contributed by atoms with Crippen LogP contribution in [0.5, 0.6) is 0 Å². The van der Waals surface area contributed by atoms with E-state index in [0.717, 1.165) is 39.3 Å². The van der Waals surface area contributed by atoms with Gasteiger partial charge in [-0.3, -0.25) is 14.5 Å². The number of hydrogen-bond donors (Lipinski definition) is 0. The molecule has 2 heterocycles. The van der Waals surface area contributed by atoms with E-state index in [0.29, 0.717) is 12.0 Å². The molecule has 0 unspecified atom stereocenters. The highest BCUT2D eigenvalue weighted by Crippen LogP contribution is 2.09. The van der Waals surface area contributed by atoms with Crippen LogP contribution in [-0.4, -0.2) is 63.8 Å². The van der Waals surface area contributed by atoms with Crippen molar-refractivity contribution in [3.63, 3.8) is 0 Å². The number of nitrogens with zero attached hydrogens (tertiary/aromatic N) is 4. The Balaban J connectivity index is 1.37. The summed E-state index contributed by atoms with van der Waals surface area (Å²) in [6, 6.07) is 9.17. The third kappa shape index (κ3) is 5.00. The Kier molecular flexibility index (Phi) is 5.95. The molecule has 0 N–H and O–H groups in total. The van der Waals surface area contributed by atoms with Gasteiger partial charge in [-0.2, -0.15) is 0 Å². The molecule has 6 nitrogen and oxygen atoms in total. The summed E-state index contributed by atoms with van der Waals surface area (Å²) < 4.78 is 2.06. The first-order chi connectivity index (χ1) is 12.2. The molecule has 132 valence electrons. The summed E-state index contributed by atoms with van der Waals surface area (Å²) >= 11 is 0. The van der Waals surface area contributed by atoms with Gasteiger partial charge in [-0.05, 0) is 0 Å². The second-order valence-corrected chi connectivity index (χ2v) is 6.31. The lowest BCUT2D eigenvalue weighted by Crippen LogP contribution is -2.49. The summed E-state index contributed by atoms with van der Waals surface area (Å²) in [5.41, 5.74) is 0.680. The molecule has 0 saturated carbocycles. The molecule has 1 aromatic heterocycles. The van der Waals surface area contributed by atoms with E-state index in [2.05, 4.69) is 14.5 Å². The number of imidazole rings is 1. The molecule has 0 radical (unpaired) electrons. The van der Waals surface area contributed by atoms with Gasteiger partial charge in [-0.15, -0.1) is 0 Å². The van der Waals surface area contributed by atoms with Crippen molar-refractivity contribution < 1.29 is 9.59 Å². The van der Waals surface area contributed by atoms with Gasteiger partial charge >= 0.3 is 0 Å². The normalized spacial score (nSPS) is 15.3. The van der Waals surface area contributed by atoms with E-state index in [-0.39, 0.29) is 18.1 Å². The van der Waals surface area contributed by atoms with E-state index < -0.39 is 0 Å². The fourth-order valence-corrected chi connectivity index (χ4v) is 3.04. The first-order valence-corrected chi connectivity index (χ1v) is 8.76. The molecule has 0 spiro atoms. The number of amides is 1. The second-order valence-electron chi connectivity index (χ2n) is 6.31. The number of hydrogen-bond acceptors (Lipinski definition) is 4. The van der Waals surface area contributed by atoms with Gasteiger partial charge in [0.15, 0.2) is 5.78 Å². The van der Waals surface area contributed by atoms with E-state index in [1.54, 1.807) is 18.3 Å². The number of Topliss-reactive ketones (excluding diaryl/α,β-unsaturated/α-hetero) is 1. The van der Waals surface area contributed by atoms with Crippen LogP contribution in [0.4, 0.5) is 0 Å². The highest BCUT2D eigenvalue weighted by Gasteiger charge is 2.21. The van der Waals surface area contributed by atoms with Crippen LogP contribution in [0.3, 0.4) is 0 Å². The Morgan fingerprint density at radius 3 is 2.40 bits per heavy atom. The average molecular weight is 340 g/mol. The maximum absolute atomic E-state index is 12.3. The standard InChI is InChI=1S/C19H24N4O2/c24-18(17-4-2-1-3-5-17)6-7-19(25)23-14-12-21(13-15-23)10-11-22-9-8-20-16-22/h1-5,8-9,16H,6-7,10-15H2. The molecule has 0 atom stereocenters. The SMILES string of the molecule is O=C(CCC(=O)N1CCN(CCn2ccnc2)CC1)c1ccccc1. The Labute approximate surface area is 148 Å². The number of aromatic nitrogens is 2. The minimum Gasteiger partial charge on any atom is -0.340 e. The minimum absolute atomic E-state index is 0.0351. The van der Waals surface area contributed by atoms with Crippen molar-refractivity contribution in [1.29, 1.82) is 0 Å². The molecule has 0 bridgehead atoms. The number of piperazine rings is 1. The van der Waals surface area contributed by atoms with Gasteiger partial charge in [0.25, 0.3) is 0 Å². The van der Waals surface area contributed by atoms with E-state index in [1.807, 2.05) is 35.6 Å². The molecular formula is C19H24N4O2. The molecular weight excluding hydrogens is 316 g/mol. The Morgan fingerprint density at radius 1 is 0.960 bits per heavy atom. The summed E-state index contributed by atoms with van der Waals surface area (Å²) in [7, 11) is 0. The van der Waals surface area contributed by atoms with Crippen molar-refractivity contribution in [2.45, 2.75) is 19.4 Å². The molecule has 1 aromatic carbocycles. The Hall–Kier alpha value is -2.47. The van der Waals surface area contributed by atoms with Gasteiger partial charge in [0.05, 0.1) is 6.33 Å². The summed E-state index contributed by atoms with van der Waals surface area (Å²) in [6.07, 6.45) is 6.15. The molecule has 1 saturated heterocycles. The molecule has 0 aliphatic carbocycles. The zero-order chi connectivity index (χ0) is 17.5. The summed E-state index contributed by atoms with van der Waals surface area (Å²) in [4.78, 5) is 32.7. The Morgan fingerprint density at radius 2 is 1.72 bits per heavy atom. The van der Waals surface area contributed by atoms with Gasteiger partial charge in [-0.25, -0.2) is 4.98 Å². The lowest BCUT2D eigenvalue weighted by Gasteiger charge is -2.34. The number of benzene rings is 1. The van der Waals surface area contributed by atoms with Crippen LogP contribution in [0, 0.1) is 0 Å². The fourth-order valence-electron chi connectivity index (χ4n) is 3.04. The van der Waals surface area contributed by atoms with Crippen LogP contribution in [0.2, 0.25) is 0 Å². The highest BCUT2D eigenvalue weighted by atomic mass is 16.2. The van der Waals surface area contributed by atoms with E-state index >= 15 is 0 Å². The zero-order valence-corrected chi connectivity index (χ0v) is 14.4. The van der Waals surface area contributed by atoms with Gasteiger partial charge in [-0.1, -0.05) is 30.3 Å². The topological polar surface area (TPSA) is 58.4 Å². The van der Waals surface area contributed by atoms with Crippen molar-refractivity contribution in [3.8, 4) is 0 Å². The average Bonchev–Trinajstić information content (AvgIpc) is 3.19. The molecule has 2 aromatic rings. The second kappa shape index (κ2) is 8.58. The molecule has 25 heavy (non-hydrogen) atoms. The fraction of sp³-hybridized carbons (Fsp3) is 0.421. The maximum atomic E-state index is 12.3. The number of ketones is 1. The molecule has 1 aliphatic heterocycles. The molecule has 1 fully saturated rings. The third-order valence-electron chi connectivity index (χ3n) is 4.62. The van der Waals surface area contributed by atoms with Crippen LogP contribution in [0.25, 0.3) is 0 Å². The van der Waals surface area contributed by atoms with Crippen molar-refractivity contribution >= 4 is 11.7 Å². The van der Waals surface area contributed by atoms with Crippen LogP contribution >= 0.6 is 0 Å². The van der Waals surface area contributed by atoms with E-state index in [1.165, 1.54) is 0 Å². The van der Waals surface area contributed by atoms with Crippen LogP contribution in [0.15, 0.2) is 49.1 Å². The first-order valence-electron chi connectivity index (χ1n) is 8.76. The third-order valence-corrected chi connectivity index (χ3v) is 4.62. The summed E-state index contributed by atoms with van der Waals surface area (Å²) in [5, 5.41) is 0. The van der Waals surface area contributed by atoms with Crippen LogP contribution < -0.4 is 0 Å². The van der Waals surface area contributed by atoms with Gasteiger partial charge in [0.2, 0.25) is 5.91 Å². The van der Waals surface area contributed by atoms with Gasteiger partial charge < -0.3 is 9.47 Å². The van der Waals surface area contributed by atoms with Crippen molar-refractivity contribution in [2.24, 2.45) is 0 Å².